The number of hydrogen-bond acceptors (Lipinski definition) is 2. The maximum absolute atomic E-state index is 6.63. The maximum Gasteiger partial charge on any atom is 0.0705 e. The van der Waals surface area contributed by atoms with E-state index in [1.54, 1.807) is 0 Å². The van der Waals surface area contributed by atoms with Gasteiger partial charge in [-0.05, 0) is 54.7 Å². The lowest BCUT2D eigenvalue weighted by molar-refractivity contribution is 0.285. The summed E-state index contributed by atoms with van der Waals surface area (Å²) in [7, 11) is 0. The van der Waals surface area contributed by atoms with Gasteiger partial charge in [0.1, 0.15) is 0 Å². The van der Waals surface area contributed by atoms with E-state index in [-0.39, 0.29) is 6.04 Å². The van der Waals surface area contributed by atoms with E-state index in [0.717, 1.165) is 17.4 Å². The van der Waals surface area contributed by atoms with Crippen molar-refractivity contribution in [3.05, 3.63) is 42.1 Å². The molecular formula is C17H20N2. The number of aromatic nitrogens is 1. The molecule has 1 aromatic carbocycles. The number of nitrogens with two attached hydrogens (primary N) is 1. The zero-order valence-electron chi connectivity index (χ0n) is 11.1. The third kappa shape index (κ3) is 1.78. The standard InChI is InChI=1S/C17H20N2/c18-17(15-10-11-6-7-12(15)9-11)14-3-1-5-16-13(14)4-2-8-19-16/h1-5,8,11-12,15,17H,6-7,9-10,18H2. The van der Waals surface area contributed by atoms with E-state index in [4.69, 9.17) is 5.73 Å². The zero-order valence-corrected chi connectivity index (χ0v) is 11.1. The van der Waals surface area contributed by atoms with Gasteiger partial charge in [0, 0.05) is 17.6 Å². The molecular weight excluding hydrogens is 232 g/mol. The molecule has 0 saturated heterocycles. The Hall–Kier alpha value is -1.41. The van der Waals surface area contributed by atoms with Crippen LogP contribution < -0.4 is 5.73 Å². The summed E-state index contributed by atoms with van der Waals surface area (Å²) in [6.45, 7) is 0. The van der Waals surface area contributed by atoms with Crippen LogP contribution in [-0.2, 0) is 0 Å². The Labute approximate surface area is 114 Å². The summed E-state index contributed by atoms with van der Waals surface area (Å²) in [5, 5.41) is 1.24. The molecule has 0 radical (unpaired) electrons. The fraction of sp³-hybridized carbons (Fsp3) is 0.471. The minimum absolute atomic E-state index is 0.184. The van der Waals surface area contributed by atoms with Gasteiger partial charge in [-0.25, -0.2) is 0 Å². The van der Waals surface area contributed by atoms with Crippen molar-refractivity contribution in [2.45, 2.75) is 31.7 Å². The van der Waals surface area contributed by atoms with Crippen LogP contribution in [0.3, 0.4) is 0 Å². The van der Waals surface area contributed by atoms with Crippen LogP contribution in [0.1, 0.15) is 37.3 Å². The van der Waals surface area contributed by atoms with Crippen LogP contribution in [0, 0.1) is 17.8 Å². The van der Waals surface area contributed by atoms with Crippen LogP contribution in [0.4, 0.5) is 0 Å². The molecule has 0 aliphatic heterocycles. The van der Waals surface area contributed by atoms with E-state index in [1.807, 2.05) is 12.3 Å². The van der Waals surface area contributed by atoms with Gasteiger partial charge in [-0.1, -0.05) is 24.6 Å². The highest BCUT2D eigenvalue weighted by Gasteiger charge is 2.42. The van der Waals surface area contributed by atoms with Crippen LogP contribution in [-0.4, -0.2) is 4.98 Å². The summed E-state index contributed by atoms with van der Waals surface area (Å²) in [6, 6.07) is 10.7. The highest BCUT2D eigenvalue weighted by Crippen LogP contribution is 2.52. The Morgan fingerprint density at radius 2 is 2.05 bits per heavy atom. The Bertz CT molecular complexity index is 602. The quantitative estimate of drug-likeness (QED) is 0.885. The van der Waals surface area contributed by atoms with Gasteiger partial charge >= 0.3 is 0 Å². The molecule has 2 aliphatic rings. The van der Waals surface area contributed by atoms with Gasteiger partial charge in [-0.15, -0.1) is 0 Å². The van der Waals surface area contributed by atoms with Gasteiger partial charge in [-0.2, -0.15) is 0 Å². The summed E-state index contributed by atoms with van der Waals surface area (Å²) in [5.74, 6) is 2.51. The first-order valence-electron chi connectivity index (χ1n) is 7.42. The van der Waals surface area contributed by atoms with E-state index >= 15 is 0 Å². The highest BCUT2D eigenvalue weighted by atomic mass is 14.7. The van der Waals surface area contributed by atoms with Crippen molar-refractivity contribution in [3.63, 3.8) is 0 Å². The second-order valence-corrected chi connectivity index (χ2v) is 6.28. The first-order valence-corrected chi connectivity index (χ1v) is 7.42. The molecule has 19 heavy (non-hydrogen) atoms. The summed E-state index contributed by atoms with van der Waals surface area (Å²) >= 11 is 0. The Morgan fingerprint density at radius 3 is 2.84 bits per heavy atom. The Balaban J connectivity index is 1.74. The molecule has 98 valence electrons. The van der Waals surface area contributed by atoms with Gasteiger partial charge in [0.15, 0.2) is 0 Å². The summed E-state index contributed by atoms with van der Waals surface area (Å²) in [6.07, 6.45) is 7.44. The van der Waals surface area contributed by atoms with Gasteiger partial charge in [0.2, 0.25) is 0 Å². The fourth-order valence-electron chi connectivity index (χ4n) is 4.38. The van der Waals surface area contributed by atoms with Crippen molar-refractivity contribution in [1.82, 2.24) is 4.98 Å². The molecule has 4 atom stereocenters. The molecule has 2 nitrogen and oxygen atoms in total. The first-order chi connectivity index (χ1) is 9.33. The Kier molecular flexibility index (Phi) is 2.59. The van der Waals surface area contributed by atoms with E-state index in [2.05, 4.69) is 29.2 Å². The molecule has 4 rings (SSSR count). The second-order valence-electron chi connectivity index (χ2n) is 6.28. The van der Waals surface area contributed by atoms with Crippen LogP contribution in [0.15, 0.2) is 36.5 Å². The van der Waals surface area contributed by atoms with Gasteiger partial charge in [0.25, 0.3) is 0 Å². The molecule has 2 fully saturated rings. The predicted molar refractivity (Wildman–Crippen MR) is 77.6 cm³/mol. The molecule has 2 aromatic rings. The molecule has 0 spiro atoms. The van der Waals surface area contributed by atoms with E-state index in [9.17, 15) is 0 Å². The molecule has 2 N–H and O–H groups in total. The van der Waals surface area contributed by atoms with Crippen LogP contribution in [0.2, 0.25) is 0 Å². The van der Waals surface area contributed by atoms with Crippen LogP contribution in [0.25, 0.3) is 10.9 Å². The van der Waals surface area contributed by atoms with Crippen molar-refractivity contribution in [2.75, 3.05) is 0 Å². The molecule has 2 aliphatic carbocycles. The molecule has 1 aromatic heterocycles. The minimum atomic E-state index is 0.184. The summed E-state index contributed by atoms with van der Waals surface area (Å²) in [5.41, 5.74) is 8.99. The average Bonchev–Trinajstić information content (AvgIpc) is 3.08. The third-order valence-electron chi connectivity index (χ3n) is 5.29. The SMILES string of the molecule is NC(c1cccc2ncccc12)C1CC2CCC1C2. The number of rotatable bonds is 2. The molecule has 2 bridgehead atoms. The number of pyridine rings is 1. The maximum atomic E-state index is 6.63. The van der Waals surface area contributed by atoms with Crippen LogP contribution >= 0.6 is 0 Å². The molecule has 4 unspecified atom stereocenters. The Morgan fingerprint density at radius 1 is 1.11 bits per heavy atom. The smallest absolute Gasteiger partial charge is 0.0705 e. The first kappa shape index (κ1) is 11.4. The molecule has 2 heteroatoms. The average molecular weight is 252 g/mol. The highest BCUT2D eigenvalue weighted by molar-refractivity contribution is 5.82. The monoisotopic (exact) mass is 252 g/mol. The van der Waals surface area contributed by atoms with E-state index in [0.29, 0.717) is 5.92 Å². The van der Waals surface area contributed by atoms with Gasteiger partial charge in [0.05, 0.1) is 5.52 Å². The third-order valence-corrected chi connectivity index (χ3v) is 5.29. The van der Waals surface area contributed by atoms with Crippen molar-refractivity contribution in [3.8, 4) is 0 Å². The summed E-state index contributed by atoms with van der Waals surface area (Å²) < 4.78 is 0. The predicted octanol–water partition coefficient (Wildman–Crippen LogP) is 3.67. The number of benzene rings is 1. The number of hydrogen-bond donors (Lipinski definition) is 1. The van der Waals surface area contributed by atoms with Crippen molar-refractivity contribution in [2.24, 2.45) is 23.5 Å². The largest absolute Gasteiger partial charge is 0.324 e. The molecule has 2 saturated carbocycles. The van der Waals surface area contributed by atoms with Gasteiger partial charge < -0.3 is 5.73 Å². The van der Waals surface area contributed by atoms with Crippen molar-refractivity contribution >= 4 is 10.9 Å². The lowest BCUT2D eigenvalue weighted by Crippen LogP contribution is -2.26. The number of fused-ring (bicyclic) bond motifs is 3. The van der Waals surface area contributed by atoms with Gasteiger partial charge in [-0.3, -0.25) is 4.98 Å². The minimum Gasteiger partial charge on any atom is -0.324 e. The molecule has 0 amide bonds. The van der Waals surface area contributed by atoms with E-state index < -0.39 is 0 Å². The summed E-state index contributed by atoms with van der Waals surface area (Å²) in [4.78, 5) is 4.44. The van der Waals surface area contributed by atoms with E-state index in [1.165, 1.54) is 36.6 Å². The topological polar surface area (TPSA) is 38.9 Å². The lowest BCUT2D eigenvalue weighted by Gasteiger charge is -2.28. The number of nitrogens with zero attached hydrogens (tertiary/aromatic N) is 1. The van der Waals surface area contributed by atoms with Crippen molar-refractivity contribution in [1.29, 1.82) is 0 Å². The lowest BCUT2D eigenvalue weighted by atomic mass is 9.80. The van der Waals surface area contributed by atoms with Crippen LogP contribution in [0.5, 0.6) is 0 Å². The fourth-order valence-corrected chi connectivity index (χ4v) is 4.38. The second kappa shape index (κ2) is 4.31. The van der Waals surface area contributed by atoms with Crippen molar-refractivity contribution < 1.29 is 0 Å². The zero-order chi connectivity index (χ0) is 12.8. The normalized spacial score (nSPS) is 30.9. The molecule has 1 heterocycles.